The van der Waals surface area contributed by atoms with Crippen molar-refractivity contribution in [1.82, 2.24) is 10.2 Å². The van der Waals surface area contributed by atoms with Crippen molar-refractivity contribution in [3.8, 4) is 11.5 Å². The number of rotatable bonds is 3. The average molecular weight is 252 g/mol. The highest BCUT2D eigenvalue weighted by atomic mass is 32.1. The minimum absolute atomic E-state index is 0.0677. The summed E-state index contributed by atoms with van der Waals surface area (Å²) in [6.45, 7) is 2.77. The standard InChI is InChI=1S/C12H16N2O2S/c15-10-3-2-9(8-11(10)16)4-7-14-6-1-5-13-12(14)17/h2-3,8,15-16H,1,4-7H2,(H,13,17). The summed E-state index contributed by atoms with van der Waals surface area (Å²) < 4.78 is 0. The number of nitrogens with zero attached hydrogens (tertiary/aromatic N) is 1. The third-order valence-electron chi connectivity index (χ3n) is 2.88. The van der Waals surface area contributed by atoms with E-state index < -0.39 is 0 Å². The van der Waals surface area contributed by atoms with Crippen LogP contribution in [0.4, 0.5) is 0 Å². The number of nitrogens with one attached hydrogen (secondary N) is 1. The molecule has 4 nitrogen and oxygen atoms in total. The molecular weight excluding hydrogens is 236 g/mol. The lowest BCUT2D eigenvalue weighted by molar-refractivity contribution is 0.378. The molecule has 0 amide bonds. The van der Waals surface area contributed by atoms with Gasteiger partial charge in [0.1, 0.15) is 0 Å². The second kappa shape index (κ2) is 5.23. The molecule has 0 saturated carbocycles. The second-order valence-electron chi connectivity index (χ2n) is 4.15. The van der Waals surface area contributed by atoms with Gasteiger partial charge in [0.15, 0.2) is 16.6 Å². The van der Waals surface area contributed by atoms with E-state index in [1.54, 1.807) is 6.07 Å². The largest absolute Gasteiger partial charge is 0.504 e. The predicted molar refractivity (Wildman–Crippen MR) is 70.3 cm³/mol. The van der Waals surface area contributed by atoms with E-state index in [2.05, 4.69) is 10.2 Å². The van der Waals surface area contributed by atoms with Gasteiger partial charge in [-0.2, -0.15) is 0 Å². The zero-order chi connectivity index (χ0) is 12.3. The second-order valence-corrected chi connectivity index (χ2v) is 4.53. The number of thiocarbonyl (C=S) groups is 1. The Morgan fingerprint density at radius 2 is 2.12 bits per heavy atom. The lowest BCUT2D eigenvalue weighted by atomic mass is 10.1. The van der Waals surface area contributed by atoms with Crippen LogP contribution in [0.2, 0.25) is 0 Å². The van der Waals surface area contributed by atoms with Crippen molar-refractivity contribution in [2.24, 2.45) is 0 Å². The van der Waals surface area contributed by atoms with Crippen molar-refractivity contribution in [1.29, 1.82) is 0 Å². The summed E-state index contributed by atoms with van der Waals surface area (Å²) in [5.74, 6) is -0.147. The highest BCUT2D eigenvalue weighted by Gasteiger charge is 2.13. The fourth-order valence-electron chi connectivity index (χ4n) is 1.88. The summed E-state index contributed by atoms with van der Waals surface area (Å²) in [7, 11) is 0. The Morgan fingerprint density at radius 1 is 1.29 bits per heavy atom. The highest BCUT2D eigenvalue weighted by Crippen LogP contribution is 2.25. The molecule has 2 rings (SSSR count). The van der Waals surface area contributed by atoms with E-state index in [9.17, 15) is 10.2 Å². The van der Waals surface area contributed by atoms with Crippen molar-refractivity contribution in [2.45, 2.75) is 12.8 Å². The number of aromatic hydroxyl groups is 2. The molecule has 1 aliphatic heterocycles. The molecule has 1 aliphatic rings. The summed E-state index contributed by atoms with van der Waals surface area (Å²) in [6.07, 6.45) is 1.90. The summed E-state index contributed by atoms with van der Waals surface area (Å²) in [4.78, 5) is 2.13. The Labute approximate surface area is 106 Å². The molecule has 1 aromatic rings. The van der Waals surface area contributed by atoms with Gasteiger partial charge in [0.05, 0.1) is 0 Å². The monoisotopic (exact) mass is 252 g/mol. The first-order chi connectivity index (χ1) is 8.16. The van der Waals surface area contributed by atoms with E-state index >= 15 is 0 Å². The Morgan fingerprint density at radius 3 is 2.82 bits per heavy atom. The molecule has 5 heteroatoms. The zero-order valence-electron chi connectivity index (χ0n) is 9.52. The molecule has 1 fully saturated rings. The van der Waals surface area contributed by atoms with Crippen molar-refractivity contribution >= 4 is 17.3 Å². The molecule has 1 heterocycles. The maximum Gasteiger partial charge on any atom is 0.168 e. The van der Waals surface area contributed by atoms with Gasteiger partial charge < -0.3 is 20.4 Å². The topological polar surface area (TPSA) is 55.7 Å². The fraction of sp³-hybridized carbons (Fsp3) is 0.417. The molecule has 0 spiro atoms. The summed E-state index contributed by atoms with van der Waals surface area (Å²) >= 11 is 5.21. The molecule has 0 atom stereocenters. The van der Waals surface area contributed by atoms with Crippen molar-refractivity contribution in [3.05, 3.63) is 23.8 Å². The van der Waals surface area contributed by atoms with Crippen LogP contribution in [-0.4, -0.2) is 39.9 Å². The highest BCUT2D eigenvalue weighted by molar-refractivity contribution is 7.80. The minimum atomic E-state index is -0.0797. The van der Waals surface area contributed by atoms with Crippen molar-refractivity contribution in [3.63, 3.8) is 0 Å². The van der Waals surface area contributed by atoms with Gasteiger partial charge in [0, 0.05) is 19.6 Å². The molecule has 92 valence electrons. The summed E-state index contributed by atoms with van der Waals surface area (Å²) in [6, 6.07) is 4.92. The smallest absolute Gasteiger partial charge is 0.168 e. The molecule has 1 aromatic carbocycles. The third-order valence-corrected chi connectivity index (χ3v) is 3.28. The molecule has 3 N–H and O–H groups in total. The van der Waals surface area contributed by atoms with Crippen LogP contribution in [0.15, 0.2) is 18.2 Å². The number of hydrogen-bond acceptors (Lipinski definition) is 3. The number of hydrogen-bond donors (Lipinski definition) is 3. The normalized spacial score (nSPS) is 15.8. The van der Waals surface area contributed by atoms with Crippen LogP contribution in [0.1, 0.15) is 12.0 Å². The molecule has 17 heavy (non-hydrogen) atoms. The van der Waals surface area contributed by atoms with E-state index in [4.69, 9.17) is 12.2 Å². The van der Waals surface area contributed by atoms with Gasteiger partial charge in [-0.3, -0.25) is 0 Å². The molecule has 0 aromatic heterocycles. The lowest BCUT2D eigenvalue weighted by Gasteiger charge is -2.30. The van der Waals surface area contributed by atoms with Gasteiger partial charge >= 0.3 is 0 Å². The number of benzene rings is 1. The molecule has 1 saturated heterocycles. The van der Waals surface area contributed by atoms with Gasteiger partial charge in [-0.05, 0) is 42.8 Å². The van der Waals surface area contributed by atoms with E-state index in [1.807, 2.05) is 6.07 Å². The van der Waals surface area contributed by atoms with Crippen LogP contribution < -0.4 is 5.32 Å². The third kappa shape index (κ3) is 3.00. The van der Waals surface area contributed by atoms with E-state index in [0.29, 0.717) is 0 Å². The van der Waals surface area contributed by atoms with Crippen molar-refractivity contribution in [2.75, 3.05) is 19.6 Å². The summed E-state index contributed by atoms with van der Waals surface area (Å²) in [5.41, 5.74) is 0.994. The van der Waals surface area contributed by atoms with E-state index in [-0.39, 0.29) is 11.5 Å². The molecule has 0 unspecified atom stereocenters. The zero-order valence-corrected chi connectivity index (χ0v) is 10.3. The molecular formula is C12H16N2O2S. The van der Waals surface area contributed by atoms with E-state index in [1.165, 1.54) is 6.07 Å². The van der Waals surface area contributed by atoms with Crippen LogP contribution in [0.5, 0.6) is 11.5 Å². The first-order valence-corrected chi connectivity index (χ1v) is 6.11. The quantitative estimate of drug-likeness (QED) is 0.558. The van der Waals surface area contributed by atoms with Crippen molar-refractivity contribution < 1.29 is 10.2 Å². The Bertz CT molecular complexity index is 423. The predicted octanol–water partition coefficient (Wildman–Crippen LogP) is 1.22. The van der Waals surface area contributed by atoms with Crippen LogP contribution in [0, 0.1) is 0 Å². The first kappa shape index (κ1) is 12.0. The number of phenols is 2. The maximum atomic E-state index is 9.39. The summed E-state index contributed by atoms with van der Waals surface area (Å²) in [5, 5.41) is 22.6. The fourth-order valence-corrected chi connectivity index (χ4v) is 2.17. The average Bonchev–Trinajstić information content (AvgIpc) is 2.32. The van der Waals surface area contributed by atoms with Gasteiger partial charge in [-0.1, -0.05) is 6.07 Å². The maximum absolute atomic E-state index is 9.39. The lowest BCUT2D eigenvalue weighted by Crippen LogP contribution is -2.46. The van der Waals surface area contributed by atoms with Gasteiger partial charge in [0.25, 0.3) is 0 Å². The Kier molecular flexibility index (Phi) is 3.68. The van der Waals surface area contributed by atoms with Gasteiger partial charge in [0.2, 0.25) is 0 Å². The molecule has 0 bridgehead atoms. The van der Waals surface area contributed by atoms with Crippen LogP contribution in [0.3, 0.4) is 0 Å². The number of phenolic OH excluding ortho intramolecular Hbond substituents is 2. The molecule has 0 aliphatic carbocycles. The van der Waals surface area contributed by atoms with E-state index in [0.717, 1.165) is 43.2 Å². The van der Waals surface area contributed by atoms with Gasteiger partial charge in [-0.25, -0.2) is 0 Å². The first-order valence-electron chi connectivity index (χ1n) is 5.70. The van der Waals surface area contributed by atoms with Crippen LogP contribution in [-0.2, 0) is 6.42 Å². The minimum Gasteiger partial charge on any atom is -0.504 e. The SMILES string of the molecule is Oc1ccc(CCN2CCCNC2=S)cc1O. The molecule has 0 radical (unpaired) electrons. The van der Waals surface area contributed by atoms with Crippen LogP contribution in [0.25, 0.3) is 0 Å². The van der Waals surface area contributed by atoms with Crippen LogP contribution >= 0.6 is 12.2 Å². The Balaban J connectivity index is 1.92. The Hall–Kier alpha value is -1.49. The van der Waals surface area contributed by atoms with Gasteiger partial charge in [-0.15, -0.1) is 0 Å².